The molecule has 3 aromatic rings. The van der Waals surface area contributed by atoms with Gasteiger partial charge in [-0.3, -0.25) is 9.59 Å². The number of halogens is 3. The summed E-state index contributed by atoms with van der Waals surface area (Å²) in [5.41, 5.74) is 3.50. The van der Waals surface area contributed by atoms with Crippen LogP contribution in [0.25, 0.3) is 0 Å². The summed E-state index contributed by atoms with van der Waals surface area (Å²) < 4.78 is 46.4. The van der Waals surface area contributed by atoms with E-state index >= 15 is 0 Å². The molecule has 0 radical (unpaired) electrons. The van der Waals surface area contributed by atoms with Gasteiger partial charge >= 0.3 is 12.1 Å². The molecule has 0 spiro atoms. The lowest BCUT2D eigenvalue weighted by molar-refractivity contribution is -0.144. The van der Waals surface area contributed by atoms with Crippen LogP contribution in [0.3, 0.4) is 0 Å². The molecule has 1 N–H and O–H groups in total. The maximum atomic E-state index is 13.8. The third-order valence-corrected chi connectivity index (χ3v) is 7.00. The molecular formula is C31H32F3NO3. The number of amides is 1. The van der Waals surface area contributed by atoms with Crippen LogP contribution in [0.4, 0.5) is 18.9 Å². The number of rotatable bonds is 9. The molecule has 0 bridgehead atoms. The second-order valence-corrected chi connectivity index (χ2v) is 9.90. The van der Waals surface area contributed by atoms with E-state index < -0.39 is 17.6 Å². The van der Waals surface area contributed by atoms with Crippen molar-refractivity contribution in [3.8, 4) is 0 Å². The minimum absolute atomic E-state index is 0.217. The van der Waals surface area contributed by atoms with Gasteiger partial charge in [-0.15, -0.1) is 0 Å². The number of hydrogen-bond donors (Lipinski definition) is 1. The number of aryl methyl sites for hydroxylation is 4. The molecule has 2 atom stereocenters. The Balaban J connectivity index is 1.51. The van der Waals surface area contributed by atoms with Gasteiger partial charge in [0.1, 0.15) is 0 Å². The average molecular weight is 524 g/mol. The van der Waals surface area contributed by atoms with Crippen LogP contribution in [0.15, 0.2) is 60.7 Å². The molecule has 1 saturated carbocycles. The standard InChI is InChI=1S/C31H32F3NO3/c1-4-38-30(37)25-18-24(25)23-13-14-26(31(32,33)34)27(17-23)35-29(36)28-19(2)15-22(16-20(28)3)12-8-11-21-9-6-5-7-10-21/h5-7,9-10,13-17,24-25H,4,8,11-12,18H2,1-3H3,(H,35,36)/t24-,25-/m1/s1. The fraction of sp³-hybridized carbons (Fsp3) is 0.355. The van der Waals surface area contributed by atoms with Gasteiger partial charge in [-0.2, -0.15) is 13.2 Å². The predicted octanol–water partition coefficient (Wildman–Crippen LogP) is 7.42. The van der Waals surface area contributed by atoms with E-state index in [-0.39, 0.29) is 30.1 Å². The zero-order valence-electron chi connectivity index (χ0n) is 21.8. The molecule has 0 heterocycles. The average Bonchev–Trinajstić information content (AvgIpc) is 3.65. The minimum Gasteiger partial charge on any atom is -0.466 e. The Hall–Kier alpha value is -3.61. The Morgan fingerprint density at radius 1 is 0.947 bits per heavy atom. The van der Waals surface area contributed by atoms with Gasteiger partial charge in [0, 0.05) is 5.56 Å². The van der Waals surface area contributed by atoms with E-state index in [0.29, 0.717) is 28.7 Å². The minimum atomic E-state index is -4.64. The highest BCUT2D eigenvalue weighted by Crippen LogP contribution is 2.49. The molecule has 38 heavy (non-hydrogen) atoms. The normalized spacial score (nSPS) is 16.7. The lowest BCUT2D eigenvalue weighted by Crippen LogP contribution is -2.19. The molecule has 0 unspecified atom stereocenters. The van der Waals surface area contributed by atoms with Crippen LogP contribution in [-0.2, 0) is 28.5 Å². The zero-order valence-corrected chi connectivity index (χ0v) is 21.8. The Labute approximate surface area is 221 Å². The first-order valence-corrected chi connectivity index (χ1v) is 12.9. The van der Waals surface area contributed by atoms with Crippen LogP contribution in [0.1, 0.15) is 69.4 Å². The highest BCUT2D eigenvalue weighted by molar-refractivity contribution is 6.06. The van der Waals surface area contributed by atoms with E-state index in [1.54, 1.807) is 20.8 Å². The van der Waals surface area contributed by atoms with Crippen LogP contribution < -0.4 is 5.32 Å². The summed E-state index contributed by atoms with van der Waals surface area (Å²) in [5, 5.41) is 2.52. The molecule has 4 rings (SSSR count). The van der Waals surface area contributed by atoms with E-state index in [0.717, 1.165) is 30.9 Å². The van der Waals surface area contributed by atoms with Crippen LogP contribution in [-0.4, -0.2) is 18.5 Å². The Morgan fingerprint density at radius 2 is 1.61 bits per heavy atom. The molecule has 7 heteroatoms. The van der Waals surface area contributed by atoms with Crippen molar-refractivity contribution in [3.63, 3.8) is 0 Å². The maximum absolute atomic E-state index is 13.8. The van der Waals surface area contributed by atoms with Crippen molar-refractivity contribution in [3.05, 3.63) is 99.6 Å². The number of nitrogens with one attached hydrogen (secondary N) is 1. The third kappa shape index (κ3) is 6.44. The predicted molar refractivity (Wildman–Crippen MR) is 141 cm³/mol. The zero-order chi connectivity index (χ0) is 27.4. The molecule has 4 nitrogen and oxygen atoms in total. The van der Waals surface area contributed by atoms with Gasteiger partial charge in [0.2, 0.25) is 0 Å². The monoisotopic (exact) mass is 523 g/mol. The van der Waals surface area contributed by atoms with E-state index in [2.05, 4.69) is 17.4 Å². The summed E-state index contributed by atoms with van der Waals surface area (Å²) in [6.07, 6.45) is -1.40. The molecule has 1 aliphatic rings. The third-order valence-electron chi connectivity index (χ3n) is 7.00. The Morgan fingerprint density at radius 3 is 2.24 bits per heavy atom. The van der Waals surface area contributed by atoms with Gasteiger partial charge in [0.25, 0.3) is 5.91 Å². The van der Waals surface area contributed by atoms with Crippen molar-refractivity contribution in [2.24, 2.45) is 5.92 Å². The lowest BCUT2D eigenvalue weighted by atomic mass is 9.95. The molecule has 1 aliphatic carbocycles. The highest BCUT2D eigenvalue weighted by atomic mass is 19.4. The summed E-state index contributed by atoms with van der Waals surface area (Å²) in [6.45, 7) is 5.57. The first kappa shape index (κ1) is 27.4. The molecule has 200 valence electrons. The lowest BCUT2D eigenvalue weighted by Gasteiger charge is -2.17. The molecule has 3 aromatic carbocycles. The van der Waals surface area contributed by atoms with Gasteiger partial charge in [-0.05, 0) is 92.3 Å². The highest BCUT2D eigenvalue weighted by Gasteiger charge is 2.46. The summed E-state index contributed by atoms with van der Waals surface area (Å²) in [6, 6.07) is 17.8. The van der Waals surface area contributed by atoms with Crippen LogP contribution in [0, 0.1) is 19.8 Å². The Kier molecular flexibility index (Phi) is 8.24. The van der Waals surface area contributed by atoms with Gasteiger partial charge in [0.15, 0.2) is 0 Å². The summed E-state index contributed by atoms with van der Waals surface area (Å²) in [4.78, 5) is 25.3. The van der Waals surface area contributed by atoms with E-state index in [1.807, 2.05) is 30.3 Å². The van der Waals surface area contributed by atoms with Crippen molar-refractivity contribution in [1.82, 2.24) is 0 Å². The van der Waals surface area contributed by atoms with E-state index in [4.69, 9.17) is 4.74 Å². The van der Waals surface area contributed by atoms with Crippen molar-refractivity contribution in [1.29, 1.82) is 0 Å². The topological polar surface area (TPSA) is 55.4 Å². The van der Waals surface area contributed by atoms with Crippen molar-refractivity contribution < 1.29 is 27.5 Å². The first-order chi connectivity index (χ1) is 18.1. The van der Waals surface area contributed by atoms with Crippen LogP contribution >= 0.6 is 0 Å². The Bertz CT molecular complexity index is 1290. The van der Waals surface area contributed by atoms with Crippen molar-refractivity contribution in [2.75, 3.05) is 11.9 Å². The van der Waals surface area contributed by atoms with E-state index in [9.17, 15) is 22.8 Å². The van der Waals surface area contributed by atoms with Crippen molar-refractivity contribution >= 4 is 17.6 Å². The van der Waals surface area contributed by atoms with Gasteiger partial charge in [0.05, 0.1) is 23.8 Å². The summed E-state index contributed by atoms with van der Waals surface area (Å²) >= 11 is 0. The second kappa shape index (κ2) is 11.4. The van der Waals surface area contributed by atoms with Gasteiger partial charge in [-0.25, -0.2) is 0 Å². The fourth-order valence-corrected chi connectivity index (χ4v) is 5.10. The van der Waals surface area contributed by atoms with Crippen LogP contribution in [0.5, 0.6) is 0 Å². The number of carbonyl (C=O) groups is 2. The number of carbonyl (C=O) groups excluding carboxylic acids is 2. The number of alkyl halides is 3. The number of anilines is 1. The largest absolute Gasteiger partial charge is 0.466 e. The number of hydrogen-bond acceptors (Lipinski definition) is 3. The fourth-order valence-electron chi connectivity index (χ4n) is 5.10. The number of ether oxygens (including phenoxy) is 1. The quantitative estimate of drug-likeness (QED) is 0.297. The van der Waals surface area contributed by atoms with Crippen LogP contribution in [0.2, 0.25) is 0 Å². The van der Waals surface area contributed by atoms with Gasteiger partial charge in [-0.1, -0.05) is 48.5 Å². The molecular weight excluding hydrogens is 491 g/mol. The number of esters is 1. The SMILES string of the molecule is CCOC(=O)[C@@H]1C[C@@H]1c1ccc(C(F)(F)F)c(NC(=O)c2c(C)cc(CCCc3ccccc3)cc2C)c1. The molecule has 0 saturated heterocycles. The first-order valence-electron chi connectivity index (χ1n) is 12.9. The number of benzene rings is 3. The summed E-state index contributed by atoms with van der Waals surface area (Å²) in [7, 11) is 0. The smallest absolute Gasteiger partial charge is 0.418 e. The molecule has 0 aromatic heterocycles. The van der Waals surface area contributed by atoms with E-state index in [1.165, 1.54) is 17.7 Å². The maximum Gasteiger partial charge on any atom is 0.418 e. The molecule has 0 aliphatic heterocycles. The molecule has 1 fully saturated rings. The summed E-state index contributed by atoms with van der Waals surface area (Å²) in [5.74, 6) is -1.52. The van der Waals surface area contributed by atoms with Crippen molar-refractivity contribution in [2.45, 2.75) is 58.5 Å². The van der Waals surface area contributed by atoms with Gasteiger partial charge < -0.3 is 10.1 Å². The second-order valence-electron chi connectivity index (χ2n) is 9.90. The molecule has 1 amide bonds.